The third-order valence-electron chi connectivity index (χ3n) is 5.73. The monoisotopic (exact) mass is 455 g/mol. The van der Waals surface area contributed by atoms with E-state index in [1.54, 1.807) is 25.3 Å². The van der Waals surface area contributed by atoms with Crippen molar-refractivity contribution >= 4 is 26.8 Å². The van der Waals surface area contributed by atoms with Crippen molar-refractivity contribution in [3.63, 3.8) is 0 Å². The zero-order valence-corrected chi connectivity index (χ0v) is 18.5. The van der Waals surface area contributed by atoms with Gasteiger partial charge in [0.15, 0.2) is 0 Å². The minimum Gasteiger partial charge on any atom is -0.496 e. The lowest BCUT2D eigenvalue weighted by Crippen LogP contribution is -2.45. The van der Waals surface area contributed by atoms with Gasteiger partial charge in [0, 0.05) is 36.8 Å². The van der Waals surface area contributed by atoms with Crippen LogP contribution in [0.3, 0.4) is 0 Å². The van der Waals surface area contributed by atoms with E-state index >= 15 is 0 Å². The number of methoxy groups -OCH3 is 1. The smallest absolute Gasteiger partial charge is 0.248 e. The van der Waals surface area contributed by atoms with Crippen molar-refractivity contribution in [3.05, 3.63) is 70.5 Å². The minimum absolute atomic E-state index is 0.129. The summed E-state index contributed by atoms with van der Waals surface area (Å²) in [5, 5.41) is 3.54. The zero-order valence-electron chi connectivity index (χ0n) is 17.7. The summed E-state index contributed by atoms with van der Waals surface area (Å²) in [6.45, 7) is 0.807. The molecule has 4 rings (SSSR count). The molecule has 1 aliphatic heterocycles. The van der Waals surface area contributed by atoms with Crippen LogP contribution in [0.25, 0.3) is 10.9 Å². The second-order valence-corrected chi connectivity index (χ2v) is 9.74. The quantitative estimate of drug-likeness (QED) is 0.593. The van der Waals surface area contributed by atoms with Crippen molar-refractivity contribution in [3.8, 4) is 5.75 Å². The molecule has 0 aliphatic carbocycles. The number of carbonyl (C=O) groups excluding carboxylic acids is 1. The van der Waals surface area contributed by atoms with E-state index in [0.717, 1.165) is 5.56 Å². The third-order valence-corrected chi connectivity index (χ3v) is 7.59. The summed E-state index contributed by atoms with van der Waals surface area (Å²) in [6.07, 6.45) is 1.23. The average molecular weight is 456 g/mol. The molecule has 1 atom stereocenters. The molecule has 2 aromatic carbocycles. The first kappa shape index (κ1) is 22.0. The fourth-order valence-electron chi connectivity index (χ4n) is 3.99. The van der Waals surface area contributed by atoms with Gasteiger partial charge in [0.05, 0.1) is 17.9 Å². The lowest BCUT2D eigenvalue weighted by Gasteiger charge is -2.31. The number of hydrogen-bond donors (Lipinski definition) is 2. The van der Waals surface area contributed by atoms with E-state index in [9.17, 15) is 18.0 Å². The van der Waals surface area contributed by atoms with Crippen LogP contribution in [-0.2, 0) is 21.4 Å². The topological polar surface area (TPSA) is 109 Å². The maximum absolute atomic E-state index is 13.2. The van der Waals surface area contributed by atoms with Crippen LogP contribution in [0.4, 0.5) is 0 Å². The molecule has 2 heterocycles. The summed E-state index contributed by atoms with van der Waals surface area (Å²) in [5.74, 6) is 0.0928. The molecular weight excluding hydrogens is 430 g/mol. The van der Waals surface area contributed by atoms with E-state index in [4.69, 9.17) is 4.74 Å². The molecule has 0 bridgehead atoms. The average Bonchev–Trinajstić information content (AvgIpc) is 2.82. The van der Waals surface area contributed by atoms with Gasteiger partial charge in [0.2, 0.25) is 21.5 Å². The number of benzene rings is 2. The van der Waals surface area contributed by atoms with Crippen LogP contribution in [-0.4, -0.2) is 43.8 Å². The standard InChI is InChI=1S/C23H25N3O5S/c1-31-21-7-3-2-5-17(21)14-24-23(28)18-6-4-12-26(15-18)32(29,30)19-9-10-20-16(13-19)8-11-22(27)25-20/h2-3,5,7-11,13,18H,4,6,12,14-15H2,1H3,(H,24,28)(H,25,27). The maximum atomic E-state index is 13.2. The van der Waals surface area contributed by atoms with E-state index in [1.807, 2.05) is 24.3 Å². The van der Waals surface area contributed by atoms with Crippen molar-refractivity contribution in [2.24, 2.45) is 5.92 Å². The number of H-pyrrole nitrogens is 1. The number of carbonyl (C=O) groups is 1. The Bertz CT molecular complexity index is 1300. The molecule has 0 spiro atoms. The SMILES string of the molecule is COc1ccccc1CNC(=O)C1CCCN(S(=O)(=O)c2ccc3[nH]c(=O)ccc3c2)C1. The predicted octanol–water partition coefficient (Wildman–Crippen LogP) is 2.25. The molecule has 0 saturated carbocycles. The Labute approximate surface area is 186 Å². The fourth-order valence-corrected chi connectivity index (χ4v) is 5.55. The number of para-hydroxylation sites is 1. The molecule has 8 nitrogen and oxygen atoms in total. The normalized spacial score (nSPS) is 17.2. The van der Waals surface area contributed by atoms with E-state index in [0.29, 0.717) is 42.6 Å². The Balaban J connectivity index is 1.47. The number of aromatic amines is 1. The highest BCUT2D eigenvalue weighted by Gasteiger charge is 2.33. The number of ether oxygens (including phenoxy) is 1. The number of fused-ring (bicyclic) bond motifs is 1. The molecule has 2 N–H and O–H groups in total. The van der Waals surface area contributed by atoms with Crippen molar-refractivity contribution in [2.45, 2.75) is 24.3 Å². The largest absolute Gasteiger partial charge is 0.496 e. The molecule has 1 saturated heterocycles. The summed E-state index contributed by atoms with van der Waals surface area (Å²) >= 11 is 0. The molecule has 1 unspecified atom stereocenters. The Morgan fingerprint density at radius 3 is 2.81 bits per heavy atom. The second-order valence-electron chi connectivity index (χ2n) is 7.80. The molecule has 1 aromatic heterocycles. The summed E-state index contributed by atoms with van der Waals surface area (Å²) < 4.78 is 33.2. The van der Waals surface area contributed by atoms with Crippen LogP contribution in [0, 0.1) is 5.92 Å². The van der Waals surface area contributed by atoms with Gasteiger partial charge in [-0.25, -0.2) is 8.42 Å². The molecule has 32 heavy (non-hydrogen) atoms. The van der Waals surface area contributed by atoms with Gasteiger partial charge in [0.1, 0.15) is 5.75 Å². The summed E-state index contributed by atoms with van der Waals surface area (Å²) in [4.78, 5) is 27.1. The number of amides is 1. The van der Waals surface area contributed by atoms with Gasteiger partial charge in [0.25, 0.3) is 0 Å². The van der Waals surface area contributed by atoms with Gasteiger partial charge < -0.3 is 15.0 Å². The third kappa shape index (κ3) is 4.53. The zero-order chi connectivity index (χ0) is 22.7. The van der Waals surface area contributed by atoms with Crippen LogP contribution in [0.15, 0.2) is 64.3 Å². The summed E-state index contributed by atoms with van der Waals surface area (Å²) in [5.41, 5.74) is 1.19. The van der Waals surface area contributed by atoms with E-state index in [-0.39, 0.29) is 22.9 Å². The van der Waals surface area contributed by atoms with E-state index in [2.05, 4.69) is 10.3 Å². The van der Waals surface area contributed by atoms with E-state index < -0.39 is 15.9 Å². The summed E-state index contributed by atoms with van der Waals surface area (Å²) in [7, 11) is -2.19. The Morgan fingerprint density at radius 1 is 1.19 bits per heavy atom. The molecule has 9 heteroatoms. The Morgan fingerprint density at radius 2 is 2.00 bits per heavy atom. The highest BCUT2D eigenvalue weighted by Crippen LogP contribution is 2.26. The lowest BCUT2D eigenvalue weighted by molar-refractivity contribution is -0.126. The minimum atomic E-state index is -3.77. The molecule has 3 aromatic rings. The van der Waals surface area contributed by atoms with Crippen molar-refractivity contribution in [1.82, 2.24) is 14.6 Å². The number of nitrogens with zero attached hydrogens (tertiary/aromatic N) is 1. The molecular formula is C23H25N3O5S. The highest BCUT2D eigenvalue weighted by molar-refractivity contribution is 7.89. The van der Waals surface area contributed by atoms with Crippen molar-refractivity contribution < 1.29 is 17.9 Å². The number of aromatic nitrogens is 1. The molecule has 1 aliphatic rings. The molecule has 0 radical (unpaired) electrons. The van der Waals surface area contributed by atoms with Crippen molar-refractivity contribution in [2.75, 3.05) is 20.2 Å². The van der Waals surface area contributed by atoms with Gasteiger partial charge >= 0.3 is 0 Å². The number of piperidine rings is 1. The first-order valence-corrected chi connectivity index (χ1v) is 11.9. The first-order valence-electron chi connectivity index (χ1n) is 10.4. The lowest BCUT2D eigenvalue weighted by atomic mass is 9.98. The van der Waals surface area contributed by atoms with Crippen LogP contribution in [0.5, 0.6) is 5.75 Å². The number of nitrogens with one attached hydrogen (secondary N) is 2. The fraction of sp³-hybridized carbons (Fsp3) is 0.304. The van der Waals surface area contributed by atoms with Crippen LogP contribution in [0.2, 0.25) is 0 Å². The number of hydrogen-bond acceptors (Lipinski definition) is 5. The highest BCUT2D eigenvalue weighted by atomic mass is 32.2. The van der Waals surface area contributed by atoms with Crippen LogP contribution in [0.1, 0.15) is 18.4 Å². The first-order chi connectivity index (χ1) is 15.4. The maximum Gasteiger partial charge on any atom is 0.248 e. The molecule has 168 valence electrons. The van der Waals surface area contributed by atoms with Crippen molar-refractivity contribution in [1.29, 1.82) is 0 Å². The Kier molecular flexibility index (Phi) is 6.29. The van der Waals surface area contributed by atoms with Gasteiger partial charge in [-0.05, 0) is 48.6 Å². The van der Waals surface area contributed by atoms with Gasteiger partial charge in [-0.3, -0.25) is 9.59 Å². The van der Waals surface area contributed by atoms with E-state index in [1.165, 1.54) is 16.4 Å². The van der Waals surface area contributed by atoms with Gasteiger partial charge in [-0.1, -0.05) is 18.2 Å². The Hall–Kier alpha value is -3.17. The predicted molar refractivity (Wildman–Crippen MR) is 121 cm³/mol. The van der Waals surface area contributed by atoms with Gasteiger partial charge in [-0.15, -0.1) is 0 Å². The van der Waals surface area contributed by atoms with Gasteiger partial charge in [-0.2, -0.15) is 4.31 Å². The summed E-state index contributed by atoms with van der Waals surface area (Å²) in [6, 6.07) is 15.0. The van der Waals surface area contributed by atoms with Crippen LogP contribution < -0.4 is 15.6 Å². The number of sulfonamides is 1. The molecule has 1 amide bonds. The second kappa shape index (κ2) is 9.13. The molecule has 1 fully saturated rings. The van der Waals surface area contributed by atoms with Crippen LogP contribution >= 0.6 is 0 Å². The number of rotatable bonds is 6. The number of pyridine rings is 1.